The molecule has 0 atom stereocenters. The van der Waals surface area contributed by atoms with Gasteiger partial charge in [-0.25, -0.2) is 4.39 Å². The highest BCUT2D eigenvalue weighted by Gasteiger charge is 2.34. The van der Waals surface area contributed by atoms with Gasteiger partial charge in [0, 0.05) is 37.3 Å². The van der Waals surface area contributed by atoms with Crippen molar-refractivity contribution in [3.05, 3.63) is 35.6 Å². The van der Waals surface area contributed by atoms with E-state index < -0.39 is 5.41 Å². The number of halogens is 1. The Labute approximate surface area is 172 Å². The average molecular weight is 390 g/mol. The van der Waals surface area contributed by atoms with Crippen LogP contribution in [0.5, 0.6) is 0 Å². The van der Waals surface area contributed by atoms with Crippen molar-refractivity contribution in [3.8, 4) is 6.07 Å². The molecule has 3 nitrogen and oxygen atoms in total. The van der Waals surface area contributed by atoms with Gasteiger partial charge in [0.05, 0.1) is 11.5 Å². The van der Waals surface area contributed by atoms with E-state index in [4.69, 9.17) is 0 Å². The number of hydrogen-bond acceptors (Lipinski definition) is 3. The Morgan fingerprint density at radius 2 is 1.14 bits per heavy atom. The van der Waals surface area contributed by atoms with Crippen LogP contribution in [0, 0.1) is 17.1 Å². The quantitative estimate of drug-likeness (QED) is 0.493. The average Bonchev–Trinajstić information content (AvgIpc) is 2.60. The van der Waals surface area contributed by atoms with Crippen molar-refractivity contribution in [1.82, 2.24) is 9.80 Å². The van der Waals surface area contributed by atoms with Crippen molar-refractivity contribution in [3.63, 3.8) is 0 Å². The number of nitriles is 1. The Balaban J connectivity index is 3.17. The molecule has 0 aliphatic rings. The van der Waals surface area contributed by atoms with Crippen LogP contribution in [0.2, 0.25) is 0 Å². The lowest BCUT2D eigenvalue weighted by molar-refractivity contribution is 0.143. The molecule has 0 aliphatic carbocycles. The van der Waals surface area contributed by atoms with Gasteiger partial charge in [-0.2, -0.15) is 5.26 Å². The van der Waals surface area contributed by atoms with Crippen LogP contribution in [0.15, 0.2) is 24.3 Å². The van der Waals surface area contributed by atoms with Crippen molar-refractivity contribution < 1.29 is 4.39 Å². The van der Waals surface area contributed by atoms with Gasteiger partial charge in [0.1, 0.15) is 5.82 Å². The van der Waals surface area contributed by atoms with Crippen LogP contribution in [0.25, 0.3) is 0 Å². The fourth-order valence-corrected chi connectivity index (χ4v) is 4.22. The first-order valence-electron chi connectivity index (χ1n) is 10.7. The summed E-state index contributed by atoms with van der Waals surface area (Å²) >= 11 is 0. The first kappa shape index (κ1) is 24.6. The molecule has 1 aromatic rings. The maximum atomic E-state index is 13.5. The van der Waals surface area contributed by atoms with E-state index in [2.05, 4.69) is 71.3 Å². The third-order valence-corrected chi connectivity index (χ3v) is 5.86. The van der Waals surface area contributed by atoms with Gasteiger partial charge < -0.3 is 0 Å². The molecular weight excluding hydrogens is 349 g/mol. The number of nitrogens with zero attached hydrogens (tertiary/aromatic N) is 3. The molecule has 0 unspecified atom stereocenters. The van der Waals surface area contributed by atoms with E-state index in [0.29, 0.717) is 24.2 Å². The van der Waals surface area contributed by atoms with Crippen molar-refractivity contribution in [2.24, 2.45) is 0 Å². The van der Waals surface area contributed by atoms with Gasteiger partial charge in [-0.15, -0.1) is 0 Å². The Morgan fingerprint density at radius 3 is 1.43 bits per heavy atom. The number of benzene rings is 1. The summed E-state index contributed by atoms with van der Waals surface area (Å²) in [6.07, 6.45) is 1.49. The molecule has 0 N–H and O–H groups in total. The highest BCUT2D eigenvalue weighted by molar-refractivity contribution is 5.33. The third-order valence-electron chi connectivity index (χ3n) is 5.86. The topological polar surface area (TPSA) is 30.3 Å². The predicted molar refractivity (Wildman–Crippen MR) is 117 cm³/mol. The zero-order valence-electron chi connectivity index (χ0n) is 19.2. The molecule has 0 heterocycles. The van der Waals surface area contributed by atoms with Crippen molar-refractivity contribution in [2.75, 3.05) is 13.1 Å². The lowest BCUT2D eigenvalue weighted by Crippen LogP contribution is -2.43. The summed E-state index contributed by atoms with van der Waals surface area (Å²) in [6, 6.07) is 10.9. The molecule has 0 saturated heterocycles. The van der Waals surface area contributed by atoms with Crippen LogP contribution in [-0.4, -0.2) is 47.1 Å². The van der Waals surface area contributed by atoms with Crippen LogP contribution in [0.4, 0.5) is 4.39 Å². The highest BCUT2D eigenvalue weighted by Crippen LogP contribution is 2.33. The largest absolute Gasteiger partial charge is 0.298 e. The Hall–Kier alpha value is -1.44. The molecule has 0 bridgehead atoms. The van der Waals surface area contributed by atoms with Crippen molar-refractivity contribution >= 4 is 0 Å². The summed E-state index contributed by atoms with van der Waals surface area (Å²) in [4.78, 5) is 4.86. The fourth-order valence-electron chi connectivity index (χ4n) is 4.22. The molecule has 0 spiro atoms. The minimum Gasteiger partial charge on any atom is -0.298 e. The number of rotatable bonds is 11. The molecule has 0 radical (unpaired) electrons. The fraction of sp³-hybridized carbons (Fsp3) is 0.708. The van der Waals surface area contributed by atoms with Crippen LogP contribution in [0.3, 0.4) is 0 Å². The molecule has 1 rings (SSSR count). The van der Waals surface area contributed by atoms with Gasteiger partial charge in [-0.3, -0.25) is 9.80 Å². The molecule has 0 fully saturated rings. The Bertz CT molecular complexity index is 574. The summed E-state index contributed by atoms with van der Waals surface area (Å²) in [6.45, 7) is 19.3. The maximum Gasteiger partial charge on any atom is 0.123 e. The Kier molecular flexibility index (Phi) is 9.60. The minimum atomic E-state index is -0.613. The van der Waals surface area contributed by atoms with Gasteiger partial charge in [0.15, 0.2) is 0 Å². The molecule has 0 aromatic heterocycles. The first-order chi connectivity index (χ1) is 13.0. The van der Waals surface area contributed by atoms with Crippen molar-refractivity contribution in [1.29, 1.82) is 5.26 Å². The molecule has 4 heteroatoms. The summed E-state index contributed by atoms with van der Waals surface area (Å²) in [5.74, 6) is -0.257. The zero-order chi connectivity index (χ0) is 21.5. The molecule has 158 valence electrons. The van der Waals surface area contributed by atoms with Gasteiger partial charge in [0.2, 0.25) is 0 Å². The van der Waals surface area contributed by atoms with E-state index in [-0.39, 0.29) is 5.82 Å². The van der Waals surface area contributed by atoms with E-state index >= 15 is 0 Å². The maximum absolute atomic E-state index is 13.5. The SMILES string of the molecule is CC(C)N(CCC(C#N)(CCN(C(C)C)C(C)C)c1ccc(F)cc1)C(C)C. The number of hydrogen-bond donors (Lipinski definition) is 0. The molecular formula is C24H40FN3. The highest BCUT2D eigenvalue weighted by atomic mass is 19.1. The first-order valence-corrected chi connectivity index (χ1v) is 10.7. The molecule has 1 aromatic carbocycles. The zero-order valence-corrected chi connectivity index (χ0v) is 19.2. The van der Waals surface area contributed by atoms with Crippen molar-refractivity contribution in [2.45, 2.75) is 97.8 Å². The third kappa shape index (κ3) is 6.57. The molecule has 0 amide bonds. The molecule has 28 heavy (non-hydrogen) atoms. The summed E-state index contributed by atoms with van der Waals surface area (Å²) in [5, 5.41) is 10.3. The van der Waals surface area contributed by atoms with Crippen LogP contribution in [-0.2, 0) is 5.41 Å². The molecule has 0 aliphatic heterocycles. The van der Waals surface area contributed by atoms with Gasteiger partial charge in [-0.05, 0) is 85.9 Å². The standard InChI is InChI=1S/C24H40FN3/c1-18(2)27(19(3)4)15-13-24(17-26,22-9-11-23(25)12-10-22)14-16-28(20(5)6)21(7)8/h9-12,18-21H,13-16H2,1-8H3. The second-order valence-corrected chi connectivity index (χ2v) is 9.05. The lowest BCUT2D eigenvalue weighted by Gasteiger charge is -2.37. The Morgan fingerprint density at radius 1 is 0.786 bits per heavy atom. The van der Waals surface area contributed by atoms with Gasteiger partial charge in [0.25, 0.3) is 0 Å². The van der Waals surface area contributed by atoms with E-state index in [1.54, 1.807) is 12.1 Å². The second kappa shape index (κ2) is 10.9. The summed E-state index contributed by atoms with van der Waals surface area (Å²) in [7, 11) is 0. The minimum absolute atomic E-state index is 0.257. The normalized spacial score (nSPS) is 12.8. The van der Waals surface area contributed by atoms with Gasteiger partial charge in [-0.1, -0.05) is 12.1 Å². The van der Waals surface area contributed by atoms with Crippen LogP contribution < -0.4 is 0 Å². The van der Waals surface area contributed by atoms with Crippen LogP contribution >= 0.6 is 0 Å². The second-order valence-electron chi connectivity index (χ2n) is 9.05. The van der Waals surface area contributed by atoms with E-state index in [0.717, 1.165) is 31.5 Å². The summed E-state index contributed by atoms with van der Waals surface area (Å²) < 4.78 is 13.5. The molecule has 0 saturated carbocycles. The lowest BCUT2D eigenvalue weighted by atomic mass is 9.75. The van der Waals surface area contributed by atoms with E-state index in [1.165, 1.54) is 12.1 Å². The predicted octanol–water partition coefficient (Wildman–Crippen LogP) is 5.60. The van der Waals surface area contributed by atoms with Crippen LogP contribution in [0.1, 0.15) is 73.8 Å². The van der Waals surface area contributed by atoms with Gasteiger partial charge >= 0.3 is 0 Å². The monoisotopic (exact) mass is 389 g/mol. The smallest absolute Gasteiger partial charge is 0.123 e. The van der Waals surface area contributed by atoms with E-state index in [9.17, 15) is 9.65 Å². The summed E-state index contributed by atoms with van der Waals surface area (Å²) in [5.41, 5.74) is 0.314. The van der Waals surface area contributed by atoms with E-state index in [1.807, 2.05) is 0 Å².